The molecule has 1 unspecified atom stereocenters. The third-order valence-electron chi connectivity index (χ3n) is 6.87. The molecule has 2 aromatic heterocycles. The number of halogens is 1. The van der Waals surface area contributed by atoms with Gasteiger partial charge in [-0.05, 0) is 61.7 Å². The lowest BCUT2D eigenvalue weighted by Crippen LogP contribution is -2.42. The summed E-state index contributed by atoms with van der Waals surface area (Å²) >= 11 is 7.57. The van der Waals surface area contributed by atoms with Crippen LogP contribution in [0.15, 0.2) is 71.1 Å². The molecule has 1 atom stereocenters. The predicted octanol–water partition coefficient (Wildman–Crippen LogP) is 5.27. The fraction of sp³-hybridized carbons (Fsp3) is 0.281. The van der Waals surface area contributed by atoms with E-state index in [9.17, 15) is 26.4 Å². The van der Waals surface area contributed by atoms with Gasteiger partial charge in [0.15, 0.2) is 15.1 Å². The van der Waals surface area contributed by atoms with Crippen LogP contribution in [-0.4, -0.2) is 68.6 Å². The van der Waals surface area contributed by atoms with E-state index in [1.54, 1.807) is 100 Å². The SMILES string of the molecule is CN(C)C(=O)c1ccc(-c2ccc3nc(C(c4nnc(CNS(=O)(=O)NC(=O)OC(C)(C)C)o4)S(=O)(=O)Cc4ccccc4)sc3c2)cc1Cl. The van der Waals surface area contributed by atoms with Crippen LogP contribution < -0.4 is 9.44 Å². The zero-order chi connectivity index (χ0) is 36.4. The molecule has 18 heteroatoms. The number of nitrogens with zero attached hydrogens (tertiary/aromatic N) is 4. The quantitative estimate of drug-likeness (QED) is 0.178. The Kier molecular flexibility index (Phi) is 10.6. The number of rotatable bonds is 11. The molecule has 0 aliphatic rings. The lowest BCUT2D eigenvalue weighted by Gasteiger charge is -2.19. The molecule has 3 aromatic carbocycles. The van der Waals surface area contributed by atoms with E-state index in [-0.39, 0.29) is 33.5 Å². The minimum Gasteiger partial charge on any atom is -0.443 e. The van der Waals surface area contributed by atoms with Gasteiger partial charge in [0.1, 0.15) is 10.6 Å². The highest BCUT2D eigenvalue weighted by Gasteiger charge is 2.37. The maximum atomic E-state index is 14.0. The fourth-order valence-corrected chi connectivity index (χ4v) is 8.75. The van der Waals surface area contributed by atoms with Gasteiger partial charge in [-0.15, -0.1) is 21.5 Å². The molecule has 0 radical (unpaired) electrons. The average molecular weight is 761 g/mol. The number of ether oxygens (including phenoxy) is 1. The molecule has 2 N–H and O–H groups in total. The van der Waals surface area contributed by atoms with Crippen molar-refractivity contribution in [3.63, 3.8) is 0 Å². The number of hydrogen-bond donors (Lipinski definition) is 2. The first-order valence-electron chi connectivity index (χ1n) is 14.9. The van der Waals surface area contributed by atoms with Crippen LogP contribution >= 0.6 is 22.9 Å². The summed E-state index contributed by atoms with van der Waals surface area (Å²) < 4.78 is 68.0. The van der Waals surface area contributed by atoms with Gasteiger partial charge in [0.2, 0.25) is 11.8 Å². The van der Waals surface area contributed by atoms with Crippen molar-refractivity contribution in [1.29, 1.82) is 0 Å². The number of nitrogens with one attached hydrogen (secondary N) is 2. The van der Waals surface area contributed by atoms with Crippen molar-refractivity contribution in [1.82, 2.24) is 29.5 Å². The Labute approximate surface area is 297 Å². The number of sulfone groups is 1. The van der Waals surface area contributed by atoms with Crippen molar-refractivity contribution < 1.29 is 35.6 Å². The van der Waals surface area contributed by atoms with Gasteiger partial charge >= 0.3 is 16.3 Å². The Bertz CT molecular complexity index is 2270. The number of amides is 2. The maximum Gasteiger partial charge on any atom is 0.422 e. The van der Waals surface area contributed by atoms with Crippen LogP contribution in [0.25, 0.3) is 21.3 Å². The average Bonchev–Trinajstić information content (AvgIpc) is 3.65. The van der Waals surface area contributed by atoms with E-state index in [4.69, 9.17) is 20.8 Å². The third kappa shape index (κ3) is 9.02. The first kappa shape index (κ1) is 36.9. The van der Waals surface area contributed by atoms with Crippen molar-refractivity contribution in [2.24, 2.45) is 0 Å². The van der Waals surface area contributed by atoms with E-state index in [0.29, 0.717) is 21.3 Å². The van der Waals surface area contributed by atoms with Gasteiger partial charge in [-0.2, -0.15) is 13.1 Å². The predicted molar refractivity (Wildman–Crippen MR) is 188 cm³/mol. The Balaban J connectivity index is 1.46. The summed E-state index contributed by atoms with van der Waals surface area (Å²) in [5.74, 6) is -1.18. The highest BCUT2D eigenvalue weighted by atomic mass is 35.5. The second-order valence-electron chi connectivity index (χ2n) is 12.3. The standard InChI is InChI=1S/C32H33ClN6O8S3/c1-32(2,3)47-31(41)38-50(44,45)34-17-26-36-37-28(46-26)27(49(42,43)18-19-9-7-6-8-10-19)29-35-24-14-12-21(16-25(24)48-29)20-11-13-22(23(33)15-20)30(40)39(4)5/h6-16,27,34H,17-18H2,1-5H3,(H,38,41). The molecule has 0 spiro atoms. The molecule has 0 aliphatic carbocycles. The summed E-state index contributed by atoms with van der Waals surface area (Å²) in [5.41, 5.74) is 1.96. The van der Waals surface area contributed by atoms with Crippen molar-refractivity contribution >= 4 is 65.2 Å². The number of aromatic nitrogens is 3. The zero-order valence-electron chi connectivity index (χ0n) is 27.5. The van der Waals surface area contributed by atoms with E-state index in [2.05, 4.69) is 19.9 Å². The molecule has 2 heterocycles. The minimum absolute atomic E-state index is 0.153. The van der Waals surface area contributed by atoms with Crippen LogP contribution in [0.2, 0.25) is 5.02 Å². The third-order valence-corrected chi connectivity index (χ3v) is 11.3. The van der Waals surface area contributed by atoms with Crippen molar-refractivity contribution in [3.8, 4) is 11.1 Å². The van der Waals surface area contributed by atoms with Gasteiger partial charge in [0.25, 0.3) is 5.91 Å². The first-order valence-corrected chi connectivity index (χ1v) is 19.3. The number of carbonyl (C=O) groups is 2. The number of thiazole rings is 1. The van der Waals surface area contributed by atoms with Crippen LogP contribution in [-0.2, 0) is 37.1 Å². The van der Waals surface area contributed by atoms with Crippen molar-refractivity contribution in [2.45, 2.75) is 43.9 Å². The second kappa shape index (κ2) is 14.4. The Morgan fingerprint density at radius 2 is 1.66 bits per heavy atom. The molecule has 0 fully saturated rings. The molecular weight excluding hydrogens is 728 g/mol. The van der Waals surface area contributed by atoms with Crippen LogP contribution in [0.3, 0.4) is 0 Å². The minimum atomic E-state index is -4.40. The molecule has 0 aliphatic heterocycles. The highest BCUT2D eigenvalue weighted by Crippen LogP contribution is 2.38. The summed E-state index contributed by atoms with van der Waals surface area (Å²) in [4.78, 5) is 30.5. The Morgan fingerprint density at radius 1 is 0.980 bits per heavy atom. The molecule has 264 valence electrons. The maximum absolute atomic E-state index is 14.0. The van der Waals surface area contributed by atoms with E-state index < -0.39 is 43.5 Å². The summed E-state index contributed by atoms with van der Waals surface area (Å²) in [5, 5.41) is 6.77. The second-order valence-corrected chi connectivity index (χ2v) is 17.3. The number of fused-ring (bicyclic) bond motifs is 1. The fourth-order valence-electron chi connectivity index (χ4n) is 4.69. The van der Waals surface area contributed by atoms with Gasteiger partial charge < -0.3 is 14.1 Å². The van der Waals surface area contributed by atoms with Crippen LogP contribution in [0, 0.1) is 0 Å². The van der Waals surface area contributed by atoms with E-state index in [0.717, 1.165) is 22.5 Å². The van der Waals surface area contributed by atoms with Gasteiger partial charge in [0, 0.05) is 14.1 Å². The lowest BCUT2D eigenvalue weighted by atomic mass is 10.0. The first-order chi connectivity index (χ1) is 23.4. The zero-order valence-corrected chi connectivity index (χ0v) is 30.7. The van der Waals surface area contributed by atoms with Crippen LogP contribution in [0.1, 0.15) is 58.7 Å². The van der Waals surface area contributed by atoms with E-state index in [1.807, 2.05) is 6.07 Å². The number of carbonyl (C=O) groups excluding carboxylic acids is 2. The summed E-state index contributed by atoms with van der Waals surface area (Å²) in [6, 6.07) is 19.0. The molecule has 0 saturated carbocycles. The van der Waals surface area contributed by atoms with Gasteiger partial charge in [-0.25, -0.2) is 22.9 Å². The molecular formula is C32H33ClN6O8S3. The van der Waals surface area contributed by atoms with Gasteiger partial charge in [-0.1, -0.05) is 54.1 Å². The van der Waals surface area contributed by atoms with Crippen LogP contribution in [0.4, 0.5) is 4.79 Å². The Hall–Kier alpha value is -4.42. The van der Waals surface area contributed by atoms with Crippen molar-refractivity contribution in [2.75, 3.05) is 14.1 Å². The number of hydrogen-bond acceptors (Lipinski definition) is 12. The van der Waals surface area contributed by atoms with E-state index >= 15 is 0 Å². The molecule has 0 saturated heterocycles. The summed E-state index contributed by atoms with van der Waals surface area (Å²) in [6.07, 6.45) is -1.19. The smallest absolute Gasteiger partial charge is 0.422 e. The molecule has 14 nitrogen and oxygen atoms in total. The normalized spacial score (nSPS) is 12.8. The molecule has 5 rings (SSSR count). The molecule has 0 bridgehead atoms. The van der Waals surface area contributed by atoms with Gasteiger partial charge in [0.05, 0.1) is 33.1 Å². The summed E-state index contributed by atoms with van der Waals surface area (Å²) in [7, 11) is -5.22. The molecule has 2 amide bonds. The topological polar surface area (TPSA) is 191 Å². The largest absolute Gasteiger partial charge is 0.443 e. The highest BCUT2D eigenvalue weighted by molar-refractivity contribution is 7.91. The van der Waals surface area contributed by atoms with Crippen molar-refractivity contribution in [3.05, 3.63) is 99.7 Å². The Morgan fingerprint density at radius 3 is 2.32 bits per heavy atom. The van der Waals surface area contributed by atoms with Crippen LogP contribution in [0.5, 0.6) is 0 Å². The molecule has 50 heavy (non-hydrogen) atoms. The molecule has 5 aromatic rings. The summed E-state index contributed by atoms with van der Waals surface area (Å²) in [6.45, 7) is 4.17. The van der Waals surface area contributed by atoms with Gasteiger partial charge in [-0.3, -0.25) is 4.79 Å². The lowest BCUT2D eigenvalue weighted by molar-refractivity contribution is 0.0569. The monoisotopic (exact) mass is 760 g/mol. The number of benzene rings is 3. The van der Waals surface area contributed by atoms with E-state index in [1.165, 1.54) is 4.90 Å².